The Balaban J connectivity index is 1.38. The molecule has 1 amide bonds. The summed E-state index contributed by atoms with van der Waals surface area (Å²) in [7, 11) is 3.02. The molecule has 0 spiro atoms. The van der Waals surface area contributed by atoms with Crippen LogP contribution in [0.3, 0.4) is 0 Å². The van der Waals surface area contributed by atoms with Gasteiger partial charge in [0.05, 0.1) is 12.0 Å². The minimum absolute atomic E-state index is 0.0833. The highest BCUT2D eigenvalue weighted by molar-refractivity contribution is 5.76. The van der Waals surface area contributed by atoms with Crippen LogP contribution in [0.15, 0.2) is 58.6 Å². The van der Waals surface area contributed by atoms with E-state index in [4.69, 9.17) is 0 Å². The Hall–Kier alpha value is -3.95. The molecule has 4 rings (SSSR count). The lowest BCUT2D eigenvalue weighted by Crippen LogP contribution is -2.37. The SMILES string of the molecule is Cn1c(=O)c2c(ncn2CCCC(=O)NCc2ccccc2-n2cccn2)n(C)c1=O. The van der Waals surface area contributed by atoms with E-state index < -0.39 is 11.2 Å². The van der Waals surface area contributed by atoms with Gasteiger partial charge in [-0.2, -0.15) is 5.10 Å². The number of nitrogens with one attached hydrogen (secondary N) is 1. The molecule has 0 atom stereocenters. The van der Waals surface area contributed by atoms with Crippen molar-refractivity contribution in [2.45, 2.75) is 25.9 Å². The lowest BCUT2D eigenvalue weighted by Gasteiger charge is -2.11. The number of hydrogen-bond donors (Lipinski definition) is 1. The number of imidazole rings is 1. The molecule has 1 aromatic carbocycles. The Bertz CT molecular complexity index is 1350. The summed E-state index contributed by atoms with van der Waals surface area (Å²) in [6.45, 7) is 0.840. The molecule has 0 unspecified atom stereocenters. The Morgan fingerprint density at radius 3 is 2.68 bits per heavy atom. The first kappa shape index (κ1) is 20.3. The van der Waals surface area contributed by atoms with Gasteiger partial charge in [0, 0.05) is 46.0 Å². The minimum Gasteiger partial charge on any atom is -0.352 e. The lowest BCUT2D eigenvalue weighted by molar-refractivity contribution is -0.121. The Morgan fingerprint density at radius 2 is 1.90 bits per heavy atom. The van der Waals surface area contributed by atoms with E-state index in [1.54, 1.807) is 22.5 Å². The van der Waals surface area contributed by atoms with Crippen LogP contribution in [0, 0.1) is 0 Å². The highest BCUT2D eigenvalue weighted by Crippen LogP contribution is 2.13. The first-order valence-electron chi connectivity index (χ1n) is 9.93. The molecule has 0 saturated heterocycles. The molecule has 0 aliphatic heterocycles. The van der Waals surface area contributed by atoms with Crippen LogP contribution in [0.1, 0.15) is 18.4 Å². The monoisotopic (exact) mass is 421 g/mol. The van der Waals surface area contributed by atoms with E-state index in [1.165, 1.54) is 17.9 Å². The molecule has 10 nitrogen and oxygen atoms in total. The molecule has 0 aliphatic rings. The second-order valence-electron chi connectivity index (χ2n) is 7.28. The van der Waals surface area contributed by atoms with Gasteiger partial charge < -0.3 is 9.88 Å². The van der Waals surface area contributed by atoms with Crippen LogP contribution in [-0.4, -0.2) is 34.4 Å². The number of carbonyl (C=O) groups is 1. The Labute approximate surface area is 177 Å². The van der Waals surface area contributed by atoms with Crippen LogP contribution in [0.4, 0.5) is 0 Å². The van der Waals surface area contributed by atoms with Crippen molar-refractivity contribution in [2.24, 2.45) is 14.1 Å². The summed E-state index contributed by atoms with van der Waals surface area (Å²) >= 11 is 0. The third-order valence-corrected chi connectivity index (χ3v) is 5.24. The van der Waals surface area contributed by atoms with Gasteiger partial charge in [-0.15, -0.1) is 0 Å². The van der Waals surface area contributed by atoms with E-state index in [-0.39, 0.29) is 5.91 Å². The number of rotatable bonds is 7. The summed E-state index contributed by atoms with van der Waals surface area (Å²) < 4.78 is 5.86. The smallest absolute Gasteiger partial charge is 0.332 e. The zero-order chi connectivity index (χ0) is 22.0. The van der Waals surface area contributed by atoms with Crippen LogP contribution >= 0.6 is 0 Å². The molecule has 3 heterocycles. The van der Waals surface area contributed by atoms with Gasteiger partial charge in [0.1, 0.15) is 0 Å². The number of fused-ring (bicyclic) bond motifs is 1. The molecule has 1 N–H and O–H groups in total. The van der Waals surface area contributed by atoms with Crippen molar-refractivity contribution in [1.82, 2.24) is 33.8 Å². The molecule has 10 heteroatoms. The van der Waals surface area contributed by atoms with Gasteiger partial charge in [-0.25, -0.2) is 14.5 Å². The second kappa shape index (κ2) is 8.42. The van der Waals surface area contributed by atoms with Crippen molar-refractivity contribution in [1.29, 1.82) is 0 Å². The number of nitrogens with zero attached hydrogens (tertiary/aromatic N) is 6. The van der Waals surface area contributed by atoms with Crippen molar-refractivity contribution in [3.63, 3.8) is 0 Å². The predicted molar refractivity (Wildman–Crippen MR) is 115 cm³/mol. The average molecular weight is 421 g/mol. The summed E-state index contributed by atoms with van der Waals surface area (Å²) in [6, 6.07) is 9.60. The number of benzene rings is 1. The number of hydrogen-bond acceptors (Lipinski definition) is 5. The van der Waals surface area contributed by atoms with Crippen LogP contribution in [0.5, 0.6) is 0 Å². The highest BCUT2D eigenvalue weighted by Gasteiger charge is 2.14. The van der Waals surface area contributed by atoms with E-state index in [0.717, 1.165) is 15.8 Å². The van der Waals surface area contributed by atoms with Gasteiger partial charge in [-0.1, -0.05) is 18.2 Å². The summed E-state index contributed by atoms with van der Waals surface area (Å²) in [5, 5.41) is 7.19. The third-order valence-electron chi connectivity index (χ3n) is 5.24. The van der Waals surface area contributed by atoms with Gasteiger partial charge in [0.25, 0.3) is 5.56 Å². The third kappa shape index (κ3) is 3.91. The summed E-state index contributed by atoms with van der Waals surface area (Å²) in [4.78, 5) is 41.0. The largest absolute Gasteiger partial charge is 0.352 e. The maximum Gasteiger partial charge on any atom is 0.332 e. The maximum absolute atomic E-state index is 12.5. The van der Waals surface area contributed by atoms with Crippen molar-refractivity contribution >= 4 is 17.1 Å². The first-order chi connectivity index (χ1) is 15.0. The molecule has 3 aromatic heterocycles. The van der Waals surface area contributed by atoms with E-state index in [9.17, 15) is 14.4 Å². The fourth-order valence-electron chi connectivity index (χ4n) is 3.55. The fourth-order valence-corrected chi connectivity index (χ4v) is 3.55. The molecule has 0 aliphatic carbocycles. The summed E-state index contributed by atoms with van der Waals surface area (Å²) in [5.41, 5.74) is 1.77. The zero-order valence-corrected chi connectivity index (χ0v) is 17.4. The zero-order valence-electron chi connectivity index (χ0n) is 17.4. The number of carbonyl (C=O) groups excluding carboxylic acids is 1. The van der Waals surface area contributed by atoms with Gasteiger partial charge in [-0.3, -0.25) is 18.7 Å². The molecule has 31 heavy (non-hydrogen) atoms. The molecular weight excluding hydrogens is 398 g/mol. The van der Waals surface area contributed by atoms with E-state index in [2.05, 4.69) is 15.4 Å². The molecule has 0 fully saturated rings. The maximum atomic E-state index is 12.5. The molecule has 4 aromatic rings. The Kier molecular flexibility index (Phi) is 5.52. The van der Waals surface area contributed by atoms with E-state index in [0.29, 0.717) is 37.1 Å². The van der Waals surface area contributed by atoms with Gasteiger partial charge in [0.15, 0.2) is 11.2 Å². The Morgan fingerprint density at radius 1 is 1.10 bits per heavy atom. The van der Waals surface area contributed by atoms with E-state index in [1.807, 2.05) is 36.5 Å². The molecule has 160 valence electrons. The highest BCUT2D eigenvalue weighted by atomic mass is 16.2. The molecule has 0 radical (unpaired) electrons. The van der Waals surface area contributed by atoms with Crippen molar-refractivity contribution in [2.75, 3.05) is 0 Å². The van der Waals surface area contributed by atoms with Gasteiger partial charge in [0.2, 0.25) is 5.91 Å². The summed E-state index contributed by atoms with van der Waals surface area (Å²) in [6.07, 6.45) is 5.93. The summed E-state index contributed by atoms with van der Waals surface area (Å²) in [5.74, 6) is -0.0833. The topological polar surface area (TPSA) is 109 Å². The number of para-hydroxylation sites is 1. The lowest BCUT2D eigenvalue weighted by atomic mass is 10.1. The van der Waals surface area contributed by atoms with E-state index >= 15 is 0 Å². The van der Waals surface area contributed by atoms with Crippen LogP contribution < -0.4 is 16.6 Å². The van der Waals surface area contributed by atoms with Crippen molar-refractivity contribution < 1.29 is 4.79 Å². The molecule has 0 saturated carbocycles. The normalized spacial score (nSPS) is 11.2. The van der Waals surface area contributed by atoms with Crippen LogP contribution in [-0.2, 0) is 32.0 Å². The van der Waals surface area contributed by atoms with Crippen molar-refractivity contribution in [3.8, 4) is 5.69 Å². The molecular formula is C21H23N7O3. The van der Waals surface area contributed by atoms with Crippen LogP contribution in [0.25, 0.3) is 16.9 Å². The standard InChI is InChI=1S/C21H23N7O3/c1-25-19-18(20(30)26(2)21(25)31)27(14-23-19)11-5-9-17(29)22-13-15-7-3-4-8-16(15)28-12-6-10-24-28/h3-4,6-8,10,12,14H,5,9,11,13H2,1-2H3,(H,22,29). The fraction of sp³-hybridized carbons (Fsp3) is 0.286. The van der Waals surface area contributed by atoms with Crippen molar-refractivity contribution in [3.05, 3.63) is 75.5 Å². The first-order valence-corrected chi connectivity index (χ1v) is 9.93. The van der Waals surface area contributed by atoms with Gasteiger partial charge in [-0.05, 0) is 24.1 Å². The number of amides is 1. The molecule has 0 bridgehead atoms. The second-order valence-corrected chi connectivity index (χ2v) is 7.28. The number of aromatic nitrogens is 6. The van der Waals surface area contributed by atoms with Gasteiger partial charge >= 0.3 is 5.69 Å². The predicted octanol–water partition coefficient (Wildman–Crippen LogP) is 0.716. The minimum atomic E-state index is -0.419. The van der Waals surface area contributed by atoms with Crippen LogP contribution in [0.2, 0.25) is 0 Å². The quantitative estimate of drug-likeness (QED) is 0.473. The number of aryl methyl sites for hydroxylation is 2. The average Bonchev–Trinajstić information content (AvgIpc) is 3.45.